The Morgan fingerprint density at radius 2 is 1.84 bits per heavy atom. The van der Waals surface area contributed by atoms with Crippen LogP contribution < -0.4 is 5.32 Å². The Kier molecular flexibility index (Phi) is 7.06. The fourth-order valence-electron chi connectivity index (χ4n) is 4.89. The average Bonchev–Trinajstić information content (AvgIpc) is 2.65. The van der Waals surface area contributed by atoms with Gasteiger partial charge in [-0.2, -0.15) is 0 Å². The van der Waals surface area contributed by atoms with Gasteiger partial charge in [0.1, 0.15) is 11.7 Å². The molecule has 2 N–H and O–H groups in total. The van der Waals surface area contributed by atoms with Crippen LogP contribution in [0.4, 0.5) is 0 Å². The topological polar surface area (TPSA) is 61.8 Å². The zero-order valence-electron chi connectivity index (χ0n) is 15.7. The first-order valence-corrected chi connectivity index (χ1v) is 11.2. The Morgan fingerprint density at radius 1 is 1.16 bits per heavy atom. The summed E-state index contributed by atoms with van der Waals surface area (Å²) in [6.45, 7) is 0. The molecule has 0 bridgehead atoms. The summed E-state index contributed by atoms with van der Waals surface area (Å²) in [7, 11) is 1.79. The van der Waals surface area contributed by atoms with Crippen LogP contribution in [0.25, 0.3) is 0 Å². The second-order valence-corrected chi connectivity index (χ2v) is 8.88. The first-order valence-electron chi connectivity index (χ1n) is 9.96. The van der Waals surface area contributed by atoms with Gasteiger partial charge in [-0.25, -0.2) is 0 Å². The number of nitrogens with one attached hydrogen (secondary N) is 1. The van der Waals surface area contributed by atoms with E-state index in [1.54, 1.807) is 18.9 Å². The number of nitrogens with zero attached hydrogens (tertiary/aromatic N) is 1. The SMILES string of the molecule is COC1CCC(CC2C(=O)N(C3CCCCC3)C(SC)NC2O)CC1. The lowest BCUT2D eigenvalue weighted by Crippen LogP contribution is -2.64. The molecule has 0 aromatic carbocycles. The minimum absolute atomic E-state index is 0.0916. The number of aliphatic hydroxyl groups is 1. The Morgan fingerprint density at radius 3 is 2.44 bits per heavy atom. The van der Waals surface area contributed by atoms with Crippen molar-refractivity contribution in [3.05, 3.63) is 0 Å². The maximum atomic E-state index is 13.3. The Labute approximate surface area is 156 Å². The van der Waals surface area contributed by atoms with E-state index in [1.807, 2.05) is 6.26 Å². The first-order chi connectivity index (χ1) is 12.1. The number of thioether (sulfide) groups is 1. The van der Waals surface area contributed by atoms with Crippen LogP contribution in [-0.2, 0) is 9.53 Å². The van der Waals surface area contributed by atoms with Crippen molar-refractivity contribution in [1.82, 2.24) is 10.2 Å². The summed E-state index contributed by atoms with van der Waals surface area (Å²) < 4.78 is 5.46. The molecule has 1 aliphatic heterocycles. The molecule has 3 rings (SSSR count). The minimum atomic E-state index is -0.718. The standard InChI is InChI=1S/C19H34N2O3S/c1-24-15-10-8-13(9-11-15)12-16-17(22)20-19(25-2)21(18(16)23)14-6-4-3-5-7-14/h13-17,19-20,22H,3-12H2,1-2H3. The van der Waals surface area contributed by atoms with Gasteiger partial charge in [-0.3, -0.25) is 10.1 Å². The number of amides is 1. The molecule has 3 unspecified atom stereocenters. The number of carbonyl (C=O) groups is 1. The van der Waals surface area contributed by atoms with E-state index in [2.05, 4.69) is 10.2 Å². The second kappa shape index (κ2) is 9.07. The summed E-state index contributed by atoms with van der Waals surface area (Å²) in [6.07, 6.45) is 12.7. The van der Waals surface area contributed by atoms with E-state index in [9.17, 15) is 9.90 Å². The van der Waals surface area contributed by atoms with E-state index in [0.717, 1.165) is 44.9 Å². The second-order valence-electron chi connectivity index (χ2n) is 7.96. The van der Waals surface area contributed by atoms with Gasteiger partial charge in [0.25, 0.3) is 0 Å². The number of hydrogen-bond acceptors (Lipinski definition) is 5. The third-order valence-electron chi connectivity index (χ3n) is 6.42. The molecule has 1 amide bonds. The van der Waals surface area contributed by atoms with Gasteiger partial charge in [0.2, 0.25) is 5.91 Å². The molecule has 3 aliphatic rings. The number of rotatable bonds is 5. The number of methoxy groups -OCH3 is 1. The highest BCUT2D eigenvalue weighted by Gasteiger charge is 2.44. The molecule has 5 nitrogen and oxygen atoms in total. The maximum absolute atomic E-state index is 13.3. The third kappa shape index (κ3) is 4.52. The summed E-state index contributed by atoms with van der Waals surface area (Å²) in [6, 6.07) is 0.338. The number of ether oxygens (including phenoxy) is 1. The van der Waals surface area contributed by atoms with Gasteiger partial charge >= 0.3 is 0 Å². The predicted molar refractivity (Wildman–Crippen MR) is 101 cm³/mol. The first kappa shape index (κ1) is 19.5. The lowest BCUT2D eigenvalue weighted by atomic mass is 9.80. The Bertz CT molecular complexity index is 434. The summed E-state index contributed by atoms with van der Waals surface area (Å²) >= 11 is 1.62. The van der Waals surface area contributed by atoms with Crippen LogP contribution in [0.1, 0.15) is 64.2 Å². The van der Waals surface area contributed by atoms with E-state index in [4.69, 9.17) is 4.74 Å². The van der Waals surface area contributed by atoms with Crippen LogP contribution in [0.3, 0.4) is 0 Å². The summed E-state index contributed by atoms with van der Waals surface area (Å²) in [5.41, 5.74) is -0.0916. The quantitative estimate of drug-likeness (QED) is 0.779. The van der Waals surface area contributed by atoms with E-state index in [0.29, 0.717) is 18.1 Å². The van der Waals surface area contributed by atoms with E-state index < -0.39 is 6.23 Å². The molecule has 3 fully saturated rings. The van der Waals surface area contributed by atoms with Gasteiger partial charge in [-0.05, 0) is 57.1 Å². The van der Waals surface area contributed by atoms with Crippen LogP contribution in [0.2, 0.25) is 0 Å². The van der Waals surface area contributed by atoms with E-state index in [-0.39, 0.29) is 17.3 Å². The fraction of sp³-hybridized carbons (Fsp3) is 0.947. The molecular weight excluding hydrogens is 336 g/mol. The zero-order chi connectivity index (χ0) is 17.8. The molecular formula is C19H34N2O3S. The van der Waals surface area contributed by atoms with E-state index >= 15 is 0 Å². The highest BCUT2D eigenvalue weighted by atomic mass is 32.2. The van der Waals surface area contributed by atoms with Gasteiger partial charge < -0.3 is 14.7 Å². The number of hydrogen-bond donors (Lipinski definition) is 2. The Balaban J connectivity index is 1.65. The molecule has 144 valence electrons. The lowest BCUT2D eigenvalue weighted by molar-refractivity contribution is -0.154. The molecule has 0 aromatic heterocycles. The van der Waals surface area contributed by atoms with Gasteiger partial charge in [0.15, 0.2) is 0 Å². The lowest BCUT2D eigenvalue weighted by Gasteiger charge is -2.47. The number of aliphatic hydroxyl groups excluding tert-OH is 1. The van der Waals surface area contributed by atoms with Crippen molar-refractivity contribution in [3.63, 3.8) is 0 Å². The number of carbonyl (C=O) groups excluding carboxylic acids is 1. The van der Waals surface area contributed by atoms with Crippen LogP contribution in [0, 0.1) is 11.8 Å². The molecule has 6 heteroatoms. The van der Waals surface area contributed by atoms with Crippen molar-refractivity contribution in [2.45, 2.75) is 88.1 Å². The predicted octanol–water partition coefficient (Wildman–Crippen LogP) is 2.93. The van der Waals surface area contributed by atoms with Crippen molar-refractivity contribution >= 4 is 17.7 Å². The smallest absolute Gasteiger partial charge is 0.231 e. The molecule has 1 heterocycles. The minimum Gasteiger partial charge on any atom is -0.381 e. The van der Waals surface area contributed by atoms with Gasteiger partial charge in [0, 0.05) is 13.2 Å². The van der Waals surface area contributed by atoms with E-state index in [1.165, 1.54) is 19.3 Å². The van der Waals surface area contributed by atoms with Crippen molar-refractivity contribution in [3.8, 4) is 0 Å². The Hall–Kier alpha value is -0.300. The van der Waals surface area contributed by atoms with Crippen LogP contribution in [0.5, 0.6) is 0 Å². The highest BCUT2D eigenvalue weighted by Crippen LogP contribution is 2.36. The van der Waals surface area contributed by atoms with Gasteiger partial charge in [-0.1, -0.05) is 19.3 Å². The molecule has 0 aromatic rings. The van der Waals surface area contributed by atoms with Gasteiger partial charge in [0.05, 0.1) is 12.0 Å². The average molecular weight is 371 g/mol. The largest absolute Gasteiger partial charge is 0.381 e. The van der Waals surface area contributed by atoms with Gasteiger partial charge in [-0.15, -0.1) is 11.8 Å². The van der Waals surface area contributed by atoms with Crippen molar-refractivity contribution < 1.29 is 14.6 Å². The molecule has 2 saturated carbocycles. The molecule has 2 aliphatic carbocycles. The highest BCUT2D eigenvalue weighted by molar-refractivity contribution is 7.99. The van der Waals surface area contributed by atoms with Crippen molar-refractivity contribution in [1.29, 1.82) is 0 Å². The van der Waals surface area contributed by atoms with Crippen molar-refractivity contribution in [2.75, 3.05) is 13.4 Å². The van der Waals surface area contributed by atoms with Crippen LogP contribution >= 0.6 is 11.8 Å². The molecule has 0 spiro atoms. The zero-order valence-corrected chi connectivity index (χ0v) is 16.5. The normalized spacial score (nSPS) is 38.1. The maximum Gasteiger partial charge on any atom is 0.231 e. The van der Waals surface area contributed by atoms with Crippen molar-refractivity contribution in [2.24, 2.45) is 11.8 Å². The fourth-order valence-corrected chi connectivity index (χ4v) is 5.67. The summed E-state index contributed by atoms with van der Waals surface area (Å²) in [5, 5.41) is 13.9. The summed E-state index contributed by atoms with van der Waals surface area (Å²) in [4.78, 5) is 15.4. The third-order valence-corrected chi connectivity index (χ3v) is 7.23. The molecule has 25 heavy (non-hydrogen) atoms. The summed E-state index contributed by atoms with van der Waals surface area (Å²) in [5.74, 6) is 0.400. The molecule has 0 radical (unpaired) electrons. The van der Waals surface area contributed by atoms with Crippen LogP contribution in [0.15, 0.2) is 0 Å². The molecule has 1 saturated heterocycles. The van der Waals surface area contributed by atoms with Crippen LogP contribution in [-0.4, -0.2) is 53.2 Å². The monoisotopic (exact) mass is 370 g/mol. The molecule has 3 atom stereocenters.